The lowest BCUT2D eigenvalue weighted by Gasteiger charge is -2.46. The van der Waals surface area contributed by atoms with Gasteiger partial charge < -0.3 is 15.0 Å². The number of amides is 2. The summed E-state index contributed by atoms with van der Waals surface area (Å²) < 4.78 is 5.60. The number of ether oxygens (including phenoxy) is 1. The molecule has 7 heteroatoms. The number of hydrogen-bond acceptors (Lipinski definition) is 5. The van der Waals surface area contributed by atoms with E-state index >= 15 is 0 Å². The molecule has 0 aromatic heterocycles. The average Bonchev–Trinajstić information content (AvgIpc) is 2.89. The van der Waals surface area contributed by atoms with Crippen molar-refractivity contribution in [3.05, 3.63) is 54.1 Å². The number of hydrogen-bond donors (Lipinski definition) is 2. The SMILES string of the molecule is CCOc1cccc(-c2ccc(C(=O)N3CCN(C4NC(=O)C5CCCCC5N4)CC3)cc2)c1. The number of rotatable bonds is 5. The normalized spacial score (nSPS) is 25.4. The Morgan fingerprint density at radius 3 is 2.53 bits per heavy atom. The summed E-state index contributed by atoms with van der Waals surface area (Å²) in [6, 6.07) is 16.1. The van der Waals surface area contributed by atoms with Gasteiger partial charge in [-0.25, -0.2) is 0 Å². The third-order valence-electron chi connectivity index (χ3n) is 7.33. The summed E-state index contributed by atoms with van der Waals surface area (Å²) in [5.74, 6) is 1.19. The minimum atomic E-state index is -0.129. The maximum Gasteiger partial charge on any atom is 0.253 e. The predicted molar refractivity (Wildman–Crippen MR) is 131 cm³/mol. The summed E-state index contributed by atoms with van der Waals surface area (Å²) in [5.41, 5.74) is 2.83. The zero-order valence-corrected chi connectivity index (χ0v) is 19.8. The van der Waals surface area contributed by atoms with E-state index in [1.54, 1.807) is 0 Å². The van der Waals surface area contributed by atoms with Gasteiger partial charge in [-0.1, -0.05) is 37.1 Å². The molecule has 0 bridgehead atoms. The lowest BCUT2D eigenvalue weighted by molar-refractivity contribution is -0.134. The molecule has 2 heterocycles. The highest BCUT2D eigenvalue weighted by molar-refractivity contribution is 5.94. The Hall–Kier alpha value is -2.90. The highest BCUT2D eigenvalue weighted by atomic mass is 16.5. The van der Waals surface area contributed by atoms with Gasteiger partial charge in [0, 0.05) is 37.8 Å². The second-order valence-electron chi connectivity index (χ2n) is 9.44. The second kappa shape index (κ2) is 10.2. The average molecular weight is 463 g/mol. The number of carbonyl (C=O) groups excluding carboxylic acids is 2. The molecule has 1 saturated carbocycles. The Morgan fingerprint density at radius 1 is 1.00 bits per heavy atom. The quantitative estimate of drug-likeness (QED) is 0.715. The van der Waals surface area contributed by atoms with Crippen LogP contribution in [-0.2, 0) is 4.79 Å². The molecular weight excluding hydrogens is 428 g/mol. The van der Waals surface area contributed by atoms with Crippen LogP contribution in [0.3, 0.4) is 0 Å². The van der Waals surface area contributed by atoms with Gasteiger partial charge in [-0.2, -0.15) is 0 Å². The van der Waals surface area contributed by atoms with Crippen LogP contribution in [0.5, 0.6) is 5.75 Å². The molecule has 2 saturated heterocycles. The molecule has 3 fully saturated rings. The lowest BCUT2D eigenvalue weighted by atomic mass is 9.82. The Balaban J connectivity index is 1.17. The van der Waals surface area contributed by atoms with Crippen LogP contribution in [0.15, 0.2) is 48.5 Å². The van der Waals surface area contributed by atoms with E-state index in [-0.39, 0.29) is 30.1 Å². The van der Waals surface area contributed by atoms with E-state index in [9.17, 15) is 9.59 Å². The van der Waals surface area contributed by atoms with E-state index < -0.39 is 0 Å². The number of fused-ring (bicyclic) bond motifs is 1. The Labute approximate surface area is 201 Å². The van der Waals surface area contributed by atoms with Crippen LogP contribution < -0.4 is 15.4 Å². The van der Waals surface area contributed by atoms with E-state index in [0.29, 0.717) is 25.3 Å². The van der Waals surface area contributed by atoms with Crippen molar-refractivity contribution in [1.29, 1.82) is 0 Å². The molecule has 34 heavy (non-hydrogen) atoms. The van der Waals surface area contributed by atoms with E-state index in [2.05, 4.69) is 15.5 Å². The highest BCUT2D eigenvalue weighted by Gasteiger charge is 2.39. The summed E-state index contributed by atoms with van der Waals surface area (Å²) in [7, 11) is 0. The van der Waals surface area contributed by atoms with Gasteiger partial charge in [-0.3, -0.25) is 19.8 Å². The maximum atomic E-state index is 13.1. The molecule has 2 amide bonds. The molecule has 3 unspecified atom stereocenters. The van der Waals surface area contributed by atoms with Crippen LogP contribution in [-0.4, -0.2) is 66.7 Å². The van der Waals surface area contributed by atoms with E-state index in [0.717, 1.165) is 49.2 Å². The molecule has 0 radical (unpaired) electrons. The Kier molecular flexibility index (Phi) is 6.83. The summed E-state index contributed by atoms with van der Waals surface area (Å²) in [4.78, 5) is 29.8. The zero-order valence-electron chi connectivity index (χ0n) is 19.8. The van der Waals surface area contributed by atoms with Crippen molar-refractivity contribution in [2.45, 2.75) is 44.9 Å². The summed E-state index contributed by atoms with van der Waals surface area (Å²) in [6.07, 6.45) is 4.25. The van der Waals surface area contributed by atoms with Crippen LogP contribution in [0.25, 0.3) is 11.1 Å². The van der Waals surface area contributed by atoms with Crippen LogP contribution in [0.1, 0.15) is 43.0 Å². The predicted octanol–water partition coefficient (Wildman–Crippen LogP) is 3.07. The van der Waals surface area contributed by atoms with E-state index in [4.69, 9.17) is 4.74 Å². The Morgan fingerprint density at radius 2 is 1.76 bits per heavy atom. The molecule has 2 N–H and O–H groups in total. The zero-order chi connectivity index (χ0) is 23.5. The van der Waals surface area contributed by atoms with Crippen LogP contribution in [0.4, 0.5) is 0 Å². The summed E-state index contributed by atoms with van der Waals surface area (Å²) in [5, 5.41) is 6.80. The fourth-order valence-electron chi connectivity index (χ4n) is 5.43. The fraction of sp³-hybridized carbons (Fsp3) is 0.481. The van der Waals surface area contributed by atoms with Crippen LogP contribution in [0.2, 0.25) is 0 Å². The smallest absolute Gasteiger partial charge is 0.253 e. The van der Waals surface area contributed by atoms with Crippen molar-refractivity contribution in [2.24, 2.45) is 5.92 Å². The third-order valence-corrected chi connectivity index (χ3v) is 7.33. The van der Waals surface area contributed by atoms with Gasteiger partial charge in [-0.05, 0) is 55.2 Å². The topological polar surface area (TPSA) is 73.9 Å². The number of piperazine rings is 1. The molecular formula is C27H34N4O3. The molecule has 2 aromatic rings. The lowest BCUT2D eigenvalue weighted by Crippen LogP contribution is -2.69. The van der Waals surface area contributed by atoms with E-state index in [1.165, 1.54) is 6.42 Å². The van der Waals surface area contributed by atoms with Gasteiger partial charge in [0.25, 0.3) is 5.91 Å². The van der Waals surface area contributed by atoms with Crippen LogP contribution in [0, 0.1) is 5.92 Å². The van der Waals surface area contributed by atoms with Crippen LogP contribution >= 0.6 is 0 Å². The minimum Gasteiger partial charge on any atom is -0.494 e. The first-order chi connectivity index (χ1) is 16.6. The highest BCUT2D eigenvalue weighted by Crippen LogP contribution is 2.28. The van der Waals surface area contributed by atoms with Crippen molar-refractivity contribution < 1.29 is 14.3 Å². The largest absolute Gasteiger partial charge is 0.494 e. The van der Waals surface area contributed by atoms with E-state index in [1.807, 2.05) is 60.4 Å². The number of benzene rings is 2. The second-order valence-corrected chi connectivity index (χ2v) is 9.44. The number of carbonyl (C=O) groups is 2. The molecule has 0 spiro atoms. The molecule has 2 aromatic carbocycles. The minimum absolute atomic E-state index is 0.0576. The summed E-state index contributed by atoms with van der Waals surface area (Å²) >= 11 is 0. The summed E-state index contributed by atoms with van der Waals surface area (Å²) in [6.45, 7) is 5.39. The molecule has 5 rings (SSSR count). The van der Waals surface area contributed by atoms with Gasteiger partial charge in [-0.15, -0.1) is 0 Å². The van der Waals surface area contributed by atoms with Gasteiger partial charge in [0.15, 0.2) is 0 Å². The molecule has 1 aliphatic carbocycles. The maximum absolute atomic E-state index is 13.1. The van der Waals surface area contributed by atoms with Gasteiger partial charge >= 0.3 is 0 Å². The Bertz CT molecular complexity index is 1020. The van der Waals surface area contributed by atoms with Crippen molar-refractivity contribution in [2.75, 3.05) is 32.8 Å². The molecule has 3 atom stereocenters. The molecule has 7 nitrogen and oxygen atoms in total. The first-order valence-corrected chi connectivity index (χ1v) is 12.6. The fourth-order valence-corrected chi connectivity index (χ4v) is 5.43. The first-order valence-electron chi connectivity index (χ1n) is 12.6. The van der Waals surface area contributed by atoms with Gasteiger partial charge in [0.2, 0.25) is 5.91 Å². The number of nitrogens with one attached hydrogen (secondary N) is 2. The number of nitrogens with zero attached hydrogens (tertiary/aromatic N) is 2. The van der Waals surface area contributed by atoms with Gasteiger partial charge in [0.05, 0.1) is 12.5 Å². The monoisotopic (exact) mass is 462 g/mol. The standard InChI is InChI=1S/C27H34N4O3/c1-2-34-22-7-5-6-21(18-22)19-10-12-20(13-11-19)26(33)30-14-16-31(17-15-30)27-28-24-9-4-3-8-23(24)25(32)29-27/h5-7,10-13,18,23-24,27-28H,2-4,8-9,14-17H2,1H3,(H,29,32). The molecule has 180 valence electrons. The van der Waals surface area contributed by atoms with Gasteiger partial charge in [0.1, 0.15) is 12.0 Å². The van der Waals surface area contributed by atoms with Crippen molar-refractivity contribution in [3.63, 3.8) is 0 Å². The third kappa shape index (κ3) is 4.81. The van der Waals surface area contributed by atoms with Crippen molar-refractivity contribution in [3.8, 4) is 16.9 Å². The van der Waals surface area contributed by atoms with Crippen molar-refractivity contribution >= 4 is 11.8 Å². The molecule has 2 aliphatic heterocycles. The first kappa shape index (κ1) is 22.9. The molecule has 3 aliphatic rings. The van der Waals surface area contributed by atoms with Crippen molar-refractivity contribution in [1.82, 2.24) is 20.4 Å².